The smallest absolute Gasteiger partial charge is 0.306 e. The van der Waals surface area contributed by atoms with E-state index in [0.29, 0.717) is 13.0 Å². The Morgan fingerprint density at radius 3 is 1.38 bits per heavy atom. The summed E-state index contributed by atoms with van der Waals surface area (Å²) in [5, 5.41) is 0. The van der Waals surface area contributed by atoms with Crippen LogP contribution in [-0.2, 0) is 9.53 Å². The van der Waals surface area contributed by atoms with Gasteiger partial charge in [-0.25, -0.2) is 0 Å². The van der Waals surface area contributed by atoms with Gasteiger partial charge in [0.1, 0.15) is 0 Å². The summed E-state index contributed by atoms with van der Waals surface area (Å²) < 4.78 is 4.87. The first-order chi connectivity index (χ1) is 12.8. The number of ether oxygens (including phenoxy) is 1. The van der Waals surface area contributed by atoms with Crippen molar-refractivity contribution in [3.05, 3.63) is 72.9 Å². The lowest BCUT2D eigenvalue weighted by Gasteiger charge is -1.97. The SMILES string of the molecule is CC/C=C/C/C=C/C/C=C/C/C=C\C/C=C\C/C=C\CCC(=O)OCC. The third kappa shape index (κ3) is 20.0. The minimum absolute atomic E-state index is 0.118. The Balaban J connectivity index is 3.54. The van der Waals surface area contributed by atoms with Crippen LogP contribution in [0.4, 0.5) is 0 Å². The molecule has 0 aromatic carbocycles. The van der Waals surface area contributed by atoms with Gasteiger partial charge in [0, 0.05) is 6.42 Å². The fourth-order valence-electron chi connectivity index (χ4n) is 2.07. The minimum atomic E-state index is -0.118. The first kappa shape index (κ1) is 23.9. The van der Waals surface area contributed by atoms with Gasteiger partial charge in [0.25, 0.3) is 0 Å². The van der Waals surface area contributed by atoms with Crippen LogP contribution in [0.1, 0.15) is 65.2 Å². The van der Waals surface area contributed by atoms with Gasteiger partial charge >= 0.3 is 5.97 Å². The van der Waals surface area contributed by atoms with Crippen LogP contribution in [0, 0.1) is 0 Å². The zero-order chi connectivity index (χ0) is 19.1. The van der Waals surface area contributed by atoms with Crippen LogP contribution in [0.15, 0.2) is 72.9 Å². The fraction of sp³-hybridized carbons (Fsp3) is 0.458. The van der Waals surface area contributed by atoms with Gasteiger partial charge < -0.3 is 4.74 Å². The van der Waals surface area contributed by atoms with Crippen molar-refractivity contribution in [1.29, 1.82) is 0 Å². The molecule has 144 valence electrons. The summed E-state index contributed by atoms with van der Waals surface area (Å²) in [7, 11) is 0. The first-order valence-electron chi connectivity index (χ1n) is 9.86. The van der Waals surface area contributed by atoms with Crippen molar-refractivity contribution in [3.8, 4) is 0 Å². The van der Waals surface area contributed by atoms with E-state index in [2.05, 4.69) is 73.8 Å². The summed E-state index contributed by atoms with van der Waals surface area (Å²) in [5.41, 5.74) is 0. The van der Waals surface area contributed by atoms with E-state index in [4.69, 9.17) is 4.74 Å². The van der Waals surface area contributed by atoms with Gasteiger partial charge in [-0.05, 0) is 51.9 Å². The molecular formula is C24H36O2. The Bertz CT molecular complexity index is 490. The third-order valence-corrected chi connectivity index (χ3v) is 3.42. The second-order valence-electron chi connectivity index (χ2n) is 5.76. The average Bonchev–Trinajstić information content (AvgIpc) is 2.64. The molecule has 0 radical (unpaired) electrons. The van der Waals surface area contributed by atoms with E-state index in [0.717, 1.165) is 44.9 Å². The normalized spacial score (nSPS) is 12.8. The molecular weight excluding hydrogens is 320 g/mol. The van der Waals surface area contributed by atoms with Crippen LogP contribution in [0.5, 0.6) is 0 Å². The van der Waals surface area contributed by atoms with Crippen LogP contribution in [0.25, 0.3) is 0 Å². The van der Waals surface area contributed by atoms with Crippen LogP contribution in [0.3, 0.4) is 0 Å². The number of carbonyl (C=O) groups is 1. The second-order valence-corrected chi connectivity index (χ2v) is 5.76. The van der Waals surface area contributed by atoms with Gasteiger partial charge in [0.15, 0.2) is 0 Å². The van der Waals surface area contributed by atoms with Gasteiger partial charge in [-0.2, -0.15) is 0 Å². The van der Waals surface area contributed by atoms with Crippen molar-refractivity contribution in [2.24, 2.45) is 0 Å². The number of hydrogen-bond acceptors (Lipinski definition) is 2. The van der Waals surface area contributed by atoms with E-state index >= 15 is 0 Å². The maximum absolute atomic E-state index is 11.1. The van der Waals surface area contributed by atoms with E-state index in [-0.39, 0.29) is 5.97 Å². The summed E-state index contributed by atoms with van der Waals surface area (Å²) in [6.07, 6.45) is 33.3. The zero-order valence-electron chi connectivity index (χ0n) is 16.6. The van der Waals surface area contributed by atoms with Crippen molar-refractivity contribution < 1.29 is 9.53 Å². The van der Waals surface area contributed by atoms with Crippen LogP contribution < -0.4 is 0 Å². The summed E-state index contributed by atoms with van der Waals surface area (Å²) in [4.78, 5) is 11.1. The second kappa shape index (κ2) is 21.0. The minimum Gasteiger partial charge on any atom is -0.466 e. The predicted molar refractivity (Wildman–Crippen MR) is 114 cm³/mol. The molecule has 0 atom stereocenters. The lowest BCUT2D eigenvalue weighted by molar-refractivity contribution is -0.142. The van der Waals surface area contributed by atoms with E-state index < -0.39 is 0 Å². The number of rotatable bonds is 15. The highest BCUT2D eigenvalue weighted by atomic mass is 16.5. The summed E-state index contributed by atoms with van der Waals surface area (Å²) in [6, 6.07) is 0. The van der Waals surface area contributed by atoms with E-state index in [9.17, 15) is 4.79 Å². The van der Waals surface area contributed by atoms with Crippen molar-refractivity contribution >= 4 is 5.97 Å². The highest BCUT2D eigenvalue weighted by Gasteiger charge is 1.97. The Morgan fingerprint density at radius 2 is 1.00 bits per heavy atom. The first-order valence-corrected chi connectivity index (χ1v) is 9.86. The van der Waals surface area contributed by atoms with Crippen LogP contribution in [-0.4, -0.2) is 12.6 Å². The van der Waals surface area contributed by atoms with Gasteiger partial charge in [-0.3, -0.25) is 4.79 Å². The molecule has 0 spiro atoms. The predicted octanol–water partition coefficient (Wildman–Crippen LogP) is 7.03. The molecule has 0 unspecified atom stereocenters. The zero-order valence-corrected chi connectivity index (χ0v) is 16.6. The van der Waals surface area contributed by atoms with Gasteiger partial charge in [-0.1, -0.05) is 79.8 Å². The van der Waals surface area contributed by atoms with Gasteiger partial charge in [0.2, 0.25) is 0 Å². The van der Waals surface area contributed by atoms with Crippen LogP contribution >= 0.6 is 0 Å². The molecule has 0 rings (SSSR count). The standard InChI is InChI=1S/C24H36O2/c1-3-5-6-7-8-9-10-11-12-13-14-15-16-17-18-19-20-21-22-23-24(25)26-4-2/h5-6,8-9,11-12,14-15,17-18,20-21H,3-4,7,10,13,16,19,22-23H2,1-2H3/b6-5+,9-8+,12-11+,15-14-,18-17-,21-20-. The summed E-state index contributed by atoms with van der Waals surface area (Å²) in [6.45, 7) is 4.44. The Kier molecular flexibility index (Phi) is 19.3. The molecule has 0 aliphatic carbocycles. The molecule has 0 saturated carbocycles. The molecule has 2 nitrogen and oxygen atoms in total. The summed E-state index contributed by atoms with van der Waals surface area (Å²) in [5.74, 6) is -0.118. The molecule has 0 heterocycles. The third-order valence-electron chi connectivity index (χ3n) is 3.42. The van der Waals surface area contributed by atoms with E-state index in [1.807, 2.05) is 13.0 Å². The Hall–Kier alpha value is -2.09. The maximum Gasteiger partial charge on any atom is 0.306 e. The van der Waals surface area contributed by atoms with E-state index in [1.54, 1.807) is 0 Å². The highest BCUT2D eigenvalue weighted by molar-refractivity contribution is 5.69. The maximum atomic E-state index is 11.1. The molecule has 0 aliphatic rings. The Labute approximate surface area is 160 Å². The largest absolute Gasteiger partial charge is 0.466 e. The van der Waals surface area contributed by atoms with Crippen molar-refractivity contribution in [2.75, 3.05) is 6.61 Å². The number of carbonyl (C=O) groups excluding carboxylic acids is 1. The van der Waals surface area contributed by atoms with Crippen molar-refractivity contribution in [3.63, 3.8) is 0 Å². The number of allylic oxidation sites excluding steroid dienone is 12. The van der Waals surface area contributed by atoms with Crippen molar-refractivity contribution in [1.82, 2.24) is 0 Å². The Morgan fingerprint density at radius 1 is 0.615 bits per heavy atom. The number of esters is 1. The molecule has 0 fully saturated rings. The quantitative estimate of drug-likeness (QED) is 0.232. The number of hydrogen-bond donors (Lipinski definition) is 0. The fourth-order valence-corrected chi connectivity index (χ4v) is 2.07. The molecule has 0 amide bonds. The topological polar surface area (TPSA) is 26.3 Å². The molecule has 0 aliphatic heterocycles. The summed E-state index contributed by atoms with van der Waals surface area (Å²) >= 11 is 0. The highest BCUT2D eigenvalue weighted by Crippen LogP contribution is 1.98. The molecule has 0 N–H and O–H groups in total. The van der Waals surface area contributed by atoms with Crippen molar-refractivity contribution in [2.45, 2.75) is 65.2 Å². The molecule has 0 bridgehead atoms. The lowest BCUT2D eigenvalue weighted by atomic mass is 10.2. The lowest BCUT2D eigenvalue weighted by Crippen LogP contribution is -2.02. The van der Waals surface area contributed by atoms with E-state index in [1.165, 1.54) is 0 Å². The van der Waals surface area contributed by atoms with Gasteiger partial charge in [0.05, 0.1) is 6.61 Å². The monoisotopic (exact) mass is 356 g/mol. The molecule has 0 aromatic rings. The molecule has 2 heteroatoms. The van der Waals surface area contributed by atoms with Crippen LogP contribution in [0.2, 0.25) is 0 Å². The average molecular weight is 357 g/mol. The molecule has 26 heavy (non-hydrogen) atoms. The van der Waals surface area contributed by atoms with Gasteiger partial charge in [-0.15, -0.1) is 0 Å². The molecule has 0 aromatic heterocycles. The molecule has 0 saturated heterocycles.